The highest BCUT2D eigenvalue weighted by Gasteiger charge is 2.22. The number of nitrogen functional groups attached to an aromatic ring is 1. The number of halogens is 1. The van der Waals surface area contributed by atoms with Crippen molar-refractivity contribution in [1.29, 1.82) is 0 Å². The lowest BCUT2D eigenvalue weighted by molar-refractivity contribution is 0.228. The minimum Gasteiger partial charge on any atom is -0.482 e. The highest BCUT2D eigenvalue weighted by Crippen LogP contribution is 2.38. The summed E-state index contributed by atoms with van der Waals surface area (Å²) in [5.74, 6) is 0.428. The van der Waals surface area contributed by atoms with Crippen LogP contribution in [0.5, 0.6) is 5.75 Å². The predicted octanol–water partition coefficient (Wildman–Crippen LogP) is 4.79. The zero-order valence-corrected chi connectivity index (χ0v) is 17.3. The number of nitrogens with zero attached hydrogens (tertiary/aromatic N) is 4. The highest BCUT2D eigenvalue weighted by molar-refractivity contribution is 5.73. The summed E-state index contributed by atoms with van der Waals surface area (Å²) in [5, 5.41) is 4.58. The second-order valence-corrected chi connectivity index (χ2v) is 7.64. The molecule has 1 unspecified atom stereocenters. The van der Waals surface area contributed by atoms with Crippen LogP contribution in [0.4, 0.5) is 10.2 Å². The largest absolute Gasteiger partial charge is 0.482 e. The Kier molecular flexibility index (Phi) is 4.66. The Labute approximate surface area is 179 Å². The summed E-state index contributed by atoms with van der Waals surface area (Å²) in [6, 6.07) is 8.64. The molecule has 0 radical (unpaired) electrons. The summed E-state index contributed by atoms with van der Waals surface area (Å²) in [7, 11) is 0. The van der Waals surface area contributed by atoms with Gasteiger partial charge in [0.2, 0.25) is 0 Å². The Morgan fingerprint density at radius 3 is 2.84 bits per heavy atom. The molecule has 0 spiro atoms. The summed E-state index contributed by atoms with van der Waals surface area (Å²) in [4.78, 5) is 8.70. The first-order valence-electron chi connectivity index (χ1n) is 10.2. The van der Waals surface area contributed by atoms with Gasteiger partial charge < -0.3 is 10.5 Å². The van der Waals surface area contributed by atoms with Crippen LogP contribution in [-0.2, 0) is 13.0 Å². The van der Waals surface area contributed by atoms with E-state index < -0.39 is 6.10 Å². The number of ether oxygens (including phenoxy) is 1. The smallest absolute Gasteiger partial charge is 0.166 e. The number of benzene rings is 1. The molecular formula is C24H22FN5O. The van der Waals surface area contributed by atoms with Crippen molar-refractivity contribution in [2.24, 2.45) is 0 Å². The molecule has 7 heteroatoms. The van der Waals surface area contributed by atoms with Gasteiger partial charge in [-0.15, -0.1) is 0 Å². The molecule has 31 heavy (non-hydrogen) atoms. The van der Waals surface area contributed by atoms with Gasteiger partial charge in [-0.1, -0.05) is 6.07 Å². The van der Waals surface area contributed by atoms with Gasteiger partial charge >= 0.3 is 0 Å². The average molecular weight is 415 g/mol. The molecule has 6 nitrogen and oxygen atoms in total. The molecule has 3 aromatic heterocycles. The van der Waals surface area contributed by atoms with Crippen molar-refractivity contribution in [1.82, 2.24) is 19.7 Å². The van der Waals surface area contributed by atoms with E-state index in [0.29, 0.717) is 12.2 Å². The Balaban J connectivity index is 1.81. The van der Waals surface area contributed by atoms with Crippen LogP contribution < -0.4 is 10.5 Å². The molecule has 0 saturated heterocycles. The van der Waals surface area contributed by atoms with Crippen molar-refractivity contribution < 1.29 is 9.13 Å². The third-order valence-corrected chi connectivity index (χ3v) is 5.71. The summed E-state index contributed by atoms with van der Waals surface area (Å²) in [6.07, 6.45) is 7.43. The highest BCUT2D eigenvalue weighted by atomic mass is 19.1. The van der Waals surface area contributed by atoms with Gasteiger partial charge in [0.25, 0.3) is 0 Å². The van der Waals surface area contributed by atoms with Crippen molar-refractivity contribution >= 4 is 5.82 Å². The van der Waals surface area contributed by atoms with Crippen molar-refractivity contribution in [2.75, 3.05) is 5.73 Å². The van der Waals surface area contributed by atoms with Crippen LogP contribution >= 0.6 is 0 Å². The second kappa shape index (κ2) is 7.50. The molecule has 0 saturated carbocycles. The van der Waals surface area contributed by atoms with E-state index in [1.807, 2.05) is 36.1 Å². The molecule has 0 aliphatic carbocycles. The van der Waals surface area contributed by atoms with E-state index in [0.717, 1.165) is 45.6 Å². The van der Waals surface area contributed by atoms with E-state index in [2.05, 4.69) is 22.0 Å². The van der Waals surface area contributed by atoms with Crippen molar-refractivity contribution in [3.63, 3.8) is 0 Å². The molecule has 4 aromatic rings. The molecule has 1 aliphatic rings. The molecule has 156 valence electrons. The van der Waals surface area contributed by atoms with E-state index >= 15 is 0 Å². The molecule has 0 fully saturated rings. The molecule has 0 amide bonds. The fourth-order valence-electron chi connectivity index (χ4n) is 4.20. The molecular weight excluding hydrogens is 393 g/mol. The number of aromatic nitrogens is 4. The van der Waals surface area contributed by atoms with Gasteiger partial charge in [-0.25, -0.2) is 9.37 Å². The second-order valence-electron chi connectivity index (χ2n) is 7.64. The van der Waals surface area contributed by atoms with Gasteiger partial charge in [-0.2, -0.15) is 5.10 Å². The van der Waals surface area contributed by atoms with E-state index in [9.17, 15) is 4.39 Å². The van der Waals surface area contributed by atoms with Gasteiger partial charge in [0.05, 0.1) is 11.9 Å². The standard InChI is InChI=1S/C24H22FN5O/c1-3-30-23-16(12-29-30)8-15-6-7-27-13-21(15)19-5-4-18(25)10-20(19)14(2)31-22-9-17(23)11-28-24(22)26/h4-7,9-14H,3,8H2,1-2H3,(H2,26,28). The third-order valence-electron chi connectivity index (χ3n) is 5.71. The van der Waals surface area contributed by atoms with Gasteiger partial charge in [0, 0.05) is 53.8 Å². The van der Waals surface area contributed by atoms with Gasteiger partial charge in [-0.3, -0.25) is 9.67 Å². The number of anilines is 1. The molecule has 2 bridgehead atoms. The molecule has 2 N–H and O–H groups in total. The zero-order valence-electron chi connectivity index (χ0n) is 17.3. The average Bonchev–Trinajstić information content (AvgIpc) is 3.17. The van der Waals surface area contributed by atoms with Crippen LogP contribution in [0, 0.1) is 5.82 Å². The molecule has 1 aromatic carbocycles. The first-order chi connectivity index (χ1) is 15.0. The number of rotatable bonds is 1. The van der Waals surface area contributed by atoms with Gasteiger partial charge in [-0.05, 0) is 49.2 Å². The van der Waals surface area contributed by atoms with Crippen LogP contribution in [-0.4, -0.2) is 19.7 Å². The Morgan fingerprint density at radius 2 is 2.00 bits per heavy atom. The molecule has 4 heterocycles. The maximum absolute atomic E-state index is 14.2. The number of hydrogen-bond acceptors (Lipinski definition) is 5. The fourth-order valence-corrected chi connectivity index (χ4v) is 4.20. The maximum atomic E-state index is 14.2. The predicted molar refractivity (Wildman–Crippen MR) is 117 cm³/mol. The van der Waals surface area contributed by atoms with E-state index in [4.69, 9.17) is 10.5 Å². The summed E-state index contributed by atoms with van der Waals surface area (Å²) < 4.78 is 22.4. The Bertz CT molecular complexity index is 1280. The number of fused-ring (bicyclic) bond motifs is 7. The Hall–Kier alpha value is -3.74. The van der Waals surface area contributed by atoms with Crippen molar-refractivity contribution in [3.05, 3.63) is 77.6 Å². The van der Waals surface area contributed by atoms with Crippen LogP contribution in [0.2, 0.25) is 0 Å². The minimum absolute atomic E-state index is 0.289. The monoisotopic (exact) mass is 415 g/mol. The zero-order chi connectivity index (χ0) is 21.5. The van der Waals surface area contributed by atoms with Crippen LogP contribution in [0.3, 0.4) is 0 Å². The normalized spacial score (nSPS) is 15.0. The van der Waals surface area contributed by atoms with E-state index in [1.54, 1.807) is 18.5 Å². The number of aryl methyl sites for hydroxylation is 1. The number of nitrogens with two attached hydrogens (primary N) is 1. The lowest BCUT2D eigenvalue weighted by Crippen LogP contribution is -2.10. The first-order valence-corrected chi connectivity index (χ1v) is 10.2. The Morgan fingerprint density at radius 1 is 1.13 bits per heavy atom. The lowest BCUT2D eigenvalue weighted by Gasteiger charge is -2.22. The SMILES string of the molecule is CCn1ncc2c1-c1cnc(N)c(c1)OC(C)c1cc(F)ccc1-c1cnccc1C2. The van der Waals surface area contributed by atoms with E-state index in [-0.39, 0.29) is 11.6 Å². The molecule has 1 aliphatic heterocycles. The van der Waals surface area contributed by atoms with Gasteiger partial charge in [0.1, 0.15) is 11.9 Å². The lowest BCUT2D eigenvalue weighted by atomic mass is 9.91. The summed E-state index contributed by atoms with van der Waals surface area (Å²) in [5.41, 5.74) is 12.7. The van der Waals surface area contributed by atoms with Gasteiger partial charge in [0.15, 0.2) is 11.6 Å². The quantitative estimate of drug-likeness (QED) is 0.483. The molecule has 1 atom stereocenters. The maximum Gasteiger partial charge on any atom is 0.166 e. The number of pyridine rings is 2. The van der Waals surface area contributed by atoms with Crippen LogP contribution in [0.1, 0.15) is 36.6 Å². The summed E-state index contributed by atoms with van der Waals surface area (Å²) >= 11 is 0. The van der Waals surface area contributed by atoms with E-state index in [1.165, 1.54) is 12.1 Å². The topological polar surface area (TPSA) is 78.9 Å². The first kappa shape index (κ1) is 19.2. The van der Waals surface area contributed by atoms with Crippen molar-refractivity contribution in [2.45, 2.75) is 32.9 Å². The number of hydrogen-bond donors (Lipinski definition) is 1. The fraction of sp³-hybridized carbons (Fsp3) is 0.208. The van der Waals surface area contributed by atoms with Crippen molar-refractivity contribution in [3.8, 4) is 28.1 Å². The third kappa shape index (κ3) is 3.32. The minimum atomic E-state index is -0.451. The molecule has 5 rings (SSSR count). The van der Waals surface area contributed by atoms with Crippen LogP contribution in [0.15, 0.2) is 55.1 Å². The van der Waals surface area contributed by atoms with Crippen LogP contribution in [0.25, 0.3) is 22.4 Å². The summed E-state index contributed by atoms with van der Waals surface area (Å²) in [6.45, 7) is 4.65.